The quantitative estimate of drug-likeness (QED) is 0.709. The molecule has 21 heavy (non-hydrogen) atoms. The minimum atomic E-state index is -0.459. The fourth-order valence-corrected chi connectivity index (χ4v) is 2.12. The minimum Gasteiger partial charge on any atom is -0.397 e. The predicted octanol–water partition coefficient (Wildman–Crippen LogP) is 3.21. The molecule has 5 heteroatoms. The molecule has 0 aliphatic heterocycles. The standard InChI is InChI=1S/C16H12FN3O/c17-10-5-6-13(18)15(9-10)20-16(21)12-7-8-19-14-4-2-1-3-11(12)14/h1-9H,18H2,(H,20,21). The Hall–Kier alpha value is -2.95. The molecule has 3 aromatic rings. The van der Waals surface area contributed by atoms with Gasteiger partial charge in [0.25, 0.3) is 5.91 Å². The SMILES string of the molecule is Nc1ccc(F)cc1NC(=O)c1ccnc2ccccc12. The van der Waals surface area contributed by atoms with Gasteiger partial charge in [-0.15, -0.1) is 0 Å². The number of nitrogens with zero attached hydrogens (tertiary/aromatic N) is 1. The number of nitrogen functional groups attached to an aromatic ring is 1. The maximum atomic E-state index is 13.2. The Morgan fingerprint density at radius 2 is 1.95 bits per heavy atom. The van der Waals surface area contributed by atoms with Crippen LogP contribution in [0.5, 0.6) is 0 Å². The summed E-state index contributed by atoms with van der Waals surface area (Å²) in [6.07, 6.45) is 1.56. The van der Waals surface area contributed by atoms with Crippen LogP contribution in [-0.2, 0) is 0 Å². The van der Waals surface area contributed by atoms with Crippen molar-refractivity contribution in [2.75, 3.05) is 11.1 Å². The highest BCUT2D eigenvalue weighted by Gasteiger charge is 2.12. The third-order valence-corrected chi connectivity index (χ3v) is 3.16. The van der Waals surface area contributed by atoms with Crippen molar-refractivity contribution in [3.8, 4) is 0 Å². The van der Waals surface area contributed by atoms with E-state index in [1.54, 1.807) is 12.3 Å². The molecule has 0 saturated carbocycles. The number of carbonyl (C=O) groups is 1. The van der Waals surface area contributed by atoms with E-state index >= 15 is 0 Å². The van der Waals surface area contributed by atoms with Crippen LogP contribution in [0.1, 0.15) is 10.4 Å². The molecule has 0 spiro atoms. The molecule has 0 fully saturated rings. The summed E-state index contributed by atoms with van der Waals surface area (Å²) in [5.74, 6) is -0.815. The van der Waals surface area contributed by atoms with Gasteiger partial charge in [0.15, 0.2) is 0 Å². The summed E-state index contributed by atoms with van der Waals surface area (Å²) < 4.78 is 13.2. The summed E-state index contributed by atoms with van der Waals surface area (Å²) in [7, 11) is 0. The molecule has 0 atom stereocenters. The van der Waals surface area contributed by atoms with Crippen LogP contribution < -0.4 is 11.1 Å². The second-order valence-electron chi connectivity index (χ2n) is 4.56. The zero-order valence-corrected chi connectivity index (χ0v) is 11.0. The minimum absolute atomic E-state index is 0.251. The summed E-state index contributed by atoms with van der Waals surface area (Å²) in [5.41, 5.74) is 7.48. The summed E-state index contributed by atoms with van der Waals surface area (Å²) in [6, 6.07) is 12.8. The second-order valence-corrected chi connectivity index (χ2v) is 4.56. The van der Waals surface area contributed by atoms with Crippen molar-refractivity contribution in [3.05, 3.63) is 66.1 Å². The summed E-state index contributed by atoms with van der Waals surface area (Å²) in [5, 5.41) is 3.36. The molecule has 104 valence electrons. The summed E-state index contributed by atoms with van der Waals surface area (Å²) in [4.78, 5) is 16.6. The van der Waals surface area contributed by atoms with E-state index in [2.05, 4.69) is 10.3 Å². The number of rotatable bonds is 2. The maximum absolute atomic E-state index is 13.2. The van der Waals surface area contributed by atoms with Crippen molar-refractivity contribution in [1.82, 2.24) is 4.98 Å². The summed E-state index contributed by atoms with van der Waals surface area (Å²) >= 11 is 0. The lowest BCUT2D eigenvalue weighted by Gasteiger charge is -2.09. The smallest absolute Gasteiger partial charge is 0.256 e. The average Bonchev–Trinajstić information content (AvgIpc) is 2.50. The normalized spacial score (nSPS) is 10.5. The van der Waals surface area contributed by atoms with Gasteiger partial charge in [-0.25, -0.2) is 4.39 Å². The van der Waals surface area contributed by atoms with Gasteiger partial charge in [-0.2, -0.15) is 0 Å². The molecule has 4 nitrogen and oxygen atoms in total. The van der Waals surface area contributed by atoms with E-state index in [4.69, 9.17) is 5.73 Å². The Kier molecular flexibility index (Phi) is 3.23. The van der Waals surface area contributed by atoms with Gasteiger partial charge >= 0.3 is 0 Å². The number of nitrogens with one attached hydrogen (secondary N) is 1. The van der Waals surface area contributed by atoms with E-state index < -0.39 is 5.82 Å². The first-order chi connectivity index (χ1) is 10.1. The number of halogens is 1. The number of para-hydroxylation sites is 1. The van der Waals surface area contributed by atoms with E-state index in [0.717, 1.165) is 10.9 Å². The molecule has 1 heterocycles. The molecule has 0 saturated heterocycles. The van der Waals surface area contributed by atoms with Crippen LogP contribution in [0.2, 0.25) is 0 Å². The first kappa shape index (κ1) is 13.1. The number of amides is 1. The van der Waals surface area contributed by atoms with Gasteiger partial charge < -0.3 is 11.1 Å². The molecule has 1 aromatic heterocycles. The van der Waals surface area contributed by atoms with Crippen molar-refractivity contribution in [1.29, 1.82) is 0 Å². The Morgan fingerprint density at radius 3 is 2.81 bits per heavy atom. The number of pyridine rings is 1. The van der Waals surface area contributed by atoms with E-state index in [-0.39, 0.29) is 11.6 Å². The van der Waals surface area contributed by atoms with Gasteiger partial charge in [-0.05, 0) is 30.3 Å². The Balaban J connectivity index is 1.99. The number of anilines is 2. The van der Waals surface area contributed by atoms with Crippen LogP contribution in [0.15, 0.2) is 54.7 Å². The van der Waals surface area contributed by atoms with E-state index in [1.807, 2.05) is 24.3 Å². The Morgan fingerprint density at radius 1 is 1.14 bits per heavy atom. The van der Waals surface area contributed by atoms with Gasteiger partial charge in [-0.1, -0.05) is 18.2 Å². The van der Waals surface area contributed by atoms with Gasteiger partial charge in [0, 0.05) is 11.6 Å². The lowest BCUT2D eigenvalue weighted by molar-refractivity contribution is 0.102. The van der Waals surface area contributed by atoms with Crippen molar-refractivity contribution < 1.29 is 9.18 Å². The molecule has 0 bridgehead atoms. The first-order valence-electron chi connectivity index (χ1n) is 6.35. The highest BCUT2D eigenvalue weighted by Crippen LogP contribution is 2.22. The van der Waals surface area contributed by atoms with Crippen LogP contribution in [-0.4, -0.2) is 10.9 Å². The number of carbonyl (C=O) groups excluding carboxylic acids is 1. The molecule has 2 aromatic carbocycles. The van der Waals surface area contributed by atoms with Crippen LogP contribution >= 0.6 is 0 Å². The third-order valence-electron chi connectivity index (χ3n) is 3.16. The monoisotopic (exact) mass is 281 g/mol. The van der Waals surface area contributed by atoms with Gasteiger partial charge in [-0.3, -0.25) is 9.78 Å². The first-order valence-corrected chi connectivity index (χ1v) is 6.35. The van der Waals surface area contributed by atoms with Crippen LogP contribution in [0.25, 0.3) is 10.9 Å². The zero-order valence-electron chi connectivity index (χ0n) is 11.0. The van der Waals surface area contributed by atoms with Crippen molar-refractivity contribution in [3.63, 3.8) is 0 Å². The largest absolute Gasteiger partial charge is 0.397 e. The lowest BCUT2D eigenvalue weighted by atomic mass is 10.1. The molecular weight excluding hydrogens is 269 g/mol. The maximum Gasteiger partial charge on any atom is 0.256 e. The molecule has 0 aliphatic carbocycles. The van der Waals surface area contributed by atoms with E-state index in [9.17, 15) is 9.18 Å². The average molecular weight is 281 g/mol. The second kappa shape index (κ2) is 5.20. The summed E-state index contributed by atoms with van der Waals surface area (Å²) in [6.45, 7) is 0. The van der Waals surface area contributed by atoms with Gasteiger partial charge in [0.1, 0.15) is 5.82 Å². The molecule has 3 N–H and O–H groups in total. The van der Waals surface area contributed by atoms with Crippen LogP contribution in [0.3, 0.4) is 0 Å². The number of hydrogen-bond donors (Lipinski definition) is 2. The highest BCUT2D eigenvalue weighted by molar-refractivity contribution is 6.13. The van der Waals surface area contributed by atoms with E-state index in [1.165, 1.54) is 18.2 Å². The fraction of sp³-hybridized carbons (Fsp3) is 0. The Bertz CT molecular complexity index is 827. The van der Waals surface area contributed by atoms with Crippen molar-refractivity contribution in [2.24, 2.45) is 0 Å². The number of hydrogen-bond acceptors (Lipinski definition) is 3. The molecule has 0 unspecified atom stereocenters. The topological polar surface area (TPSA) is 68.0 Å². The lowest BCUT2D eigenvalue weighted by Crippen LogP contribution is -2.14. The number of aromatic nitrogens is 1. The number of fused-ring (bicyclic) bond motifs is 1. The molecule has 3 rings (SSSR count). The number of benzene rings is 2. The van der Waals surface area contributed by atoms with Crippen LogP contribution in [0.4, 0.5) is 15.8 Å². The number of nitrogens with two attached hydrogens (primary N) is 1. The molecule has 1 amide bonds. The molecular formula is C16H12FN3O. The van der Waals surface area contributed by atoms with Crippen LogP contribution in [0, 0.1) is 5.82 Å². The molecule has 0 aliphatic rings. The zero-order chi connectivity index (χ0) is 14.8. The van der Waals surface area contributed by atoms with Crippen molar-refractivity contribution in [2.45, 2.75) is 0 Å². The highest BCUT2D eigenvalue weighted by atomic mass is 19.1. The predicted molar refractivity (Wildman–Crippen MR) is 80.5 cm³/mol. The molecule has 0 radical (unpaired) electrons. The van der Waals surface area contributed by atoms with Crippen molar-refractivity contribution >= 4 is 28.2 Å². The van der Waals surface area contributed by atoms with E-state index in [0.29, 0.717) is 11.3 Å². The van der Waals surface area contributed by atoms with Gasteiger partial charge in [0.05, 0.1) is 22.5 Å². The fourth-order valence-electron chi connectivity index (χ4n) is 2.12. The van der Waals surface area contributed by atoms with Gasteiger partial charge in [0.2, 0.25) is 0 Å². The Labute approximate surface area is 120 Å². The third kappa shape index (κ3) is 2.53.